The van der Waals surface area contributed by atoms with Crippen molar-refractivity contribution in [3.05, 3.63) is 34.9 Å². The summed E-state index contributed by atoms with van der Waals surface area (Å²) >= 11 is 0. The van der Waals surface area contributed by atoms with Gasteiger partial charge in [0.05, 0.1) is 19.3 Å². The topological polar surface area (TPSA) is 33.6 Å². The monoisotopic (exact) mass is 216 g/mol. The van der Waals surface area contributed by atoms with Gasteiger partial charge in [-0.2, -0.15) is 0 Å². The van der Waals surface area contributed by atoms with Crippen LogP contribution in [-0.2, 0) is 11.2 Å². The summed E-state index contributed by atoms with van der Waals surface area (Å²) in [6.45, 7) is 3.44. The van der Waals surface area contributed by atoms with Gasteiger partial charge in [-0.05, 0) is 17.5 Å². The van der Waals surface area contributed by atoms with Gasteiger partial charge in [0.1, 0.15) is 0 Å². The van der Waals surface area contributed by atoms with E-state index in [-0.39, 0.29) is 0 Å². The molecule has 1 aromatic rings. The highest BCUT2D eigenvalue weighted by atomic mass is 16.5. The van der Waals surface area contributed by atoms with Crippen LogP contribution in [0.1, 0.15) is 22.7 Å². The van der Waals surface area contributed by atoms with Gasteiger partial charge < -0.3 is 10.1 Å². The second-order valence-corrected chi connectivity index (χ2v) is 4.29. The minimum Gasteiger partial charge on any atom is -0.378 e. The van der Waals surface area contributed by atoms with Gasteiger partial charge in [-0.1, -0.05) is 18.2 Å². The lowest BCUT2D eigenvalue weighted by molar-refractivity contribution is 0.0768. The van der Waals surface area contributed by atoms with Crippen LogP contribution in [0.4, 0.5) is 0 Å². The molecule has 0 radical (unpaired) electrons. The molecule has 0 saturated carbocycles. The Morgan fingerprint density at radius 3 is 3.25 bits per heavy atom. The first-order chi connectivity index (χ1) is 7.95. The Morgan fingerprint density at radius 1 is 1.38 bits per heavy atom. The normalized spacial score (nSPS) is 24.1. The van der Waals surface area contributed by atoms with Crippen LogP contribution in [0.25, 0.3) is 0 Å². The number of morpholine rings is 1. The molecule has 16 heavy (non-hydrogen) atoms. The maximum Gasteiger partial charge on any atom is 0.0662 e. The summed E-state index contributed by atoms with van der Waals surface area (Å²) in [7, 11) is 0. The maximum atomic E-state index is 5.52. The Hall–Kier alpha value is -1.19. The van der Waals surface area contributed by atoms with E-state index in [9.17, 15) is 0 Å². The van der Waals surface area contributed by atoms with Crippen LogP contribution in [0.2, 0.25) is 0 Å². The van der Waals surface area contributed by atoms with Gasteiger partial charge in [-0.15, -0.1) is 0 Å². The Morgan fingerprint density at radius 2 is 2.38 bits per heavy atom. The van der Waals surface area contributed by atoms with Crippen molar-refractivity contribution in [1.29, 1.82) is 0 Å². The maximum absolute atomic E-state index is 5.52. The van der Waals surface area contributed by atoms with E-state index in [1.165, 1.54) is 16.7 Å². The molecular formula is C13H16N2O. The highest BCUT2D eigenvalue weighted by Gasteiger charge is 2.19. The SMILES string of the molecule is C1=NCCc2cccc([C@@H]3COCCN3)c21. The van der Waals surface area contributed by atoms with E-state index in [1.54, 1.807) is 0 Å². The van der Waals surface area contributed by atoms with E-state index >= 15 is 0 Å². The minimum atomic E-state index is 0.327. The highest BCUT2D eigenvalue weighted by Crippen LogP contribution is 2.24. The second-order valence-electron chi connectivity index (χ2n) is 4.29. The molecule has 1 atom stereocenters. The number of nitrogens with one attached hydrogen (secondary N) is 1. The third-order valence-corrected chi connectivity index (χ3v) is 3.26. The zero-order chi connectivity index (χ0) is 10.8. The molecule has 1 N–H and O–H groups in total. The van der Waals surface area contributed by atoms with Crippen molar-refractivity contribution in [2.45, 2.75) is 12.5 Å². The van der Waals surface area contributed by atoms with Crippen LogP contribution in [-0.4, -0.2) is 32.5 Å². The van der Waals surface area contributed by atoms with E-state index in [2.05, 4.69) is 28.5 Å². The zero-order valence-electron chi connectivity index (χ0n) is 9.28. The predicted octanol–water partition coefficient (Wildman–Crippen LogP) is 1.32. The van der Waals surface area contributed by atoms with Crippen LogP contribution >= 0.6 is 0 Å². The summed E-state index contributed by atoms with van der Waals surface area (Å²) < 4.78 is 5.52. The largest absolute Gasteiger partial charge is 0.378 e. The molecule has 0 amide bonds. The third kappa shape index (κ3) is 1.77. The number of nitrogens with zero attached hydrogens (tertiary/aromatic N) is 1. The van der Waals surface area contributed by atoms with Crippen molar-refractivity contribution < 1.29 is 4.74 Å². The van der Waals surface area contributed by atoms with E-state index in [1.807, 2.05) is 6.21 Å². The minimum absolute atomic E-state index is 0.327. The molecule has 3 heteroatoms. The lowest BCUT2D eigenvalue weighted by atomic mass is 9.93. The summed E-state index contributed by atoms with van der Waals surface area (Å²) in [4.78, 5) is 4.38. The van der Waals surface area contributed by atoms with E-state index < -0.39 is 0 Å². The average Bonchev–Trinajstić information content (AvgIpc) is 2.39. The number of benzene rings is 1. The fourth-order valence-electron chi connectivity index (χ4n) is 2.42. The molecule has 2 aliphatic heterocycles. The van der Waals surface area contributed by atoms with E-state index in [0.717, 1.165) is 32.7 Å². The summed E-state index contributed by atoms with van der Waals surface area (Å²) in [5.41, 5.74) is 4.05. The fourth-order valence-corrected chi connectivity index (χ4v) is 2.42. The second kappa shape index (κ2) is 4.36. The zero-order valence-corrected chi connectivity index (χ0v) is 9.28. The fraction of sp³-hybridized carbons (Fsp3) is 0.462. The first-order valence-corrected chi connectivity index (χ1v) is 5.88. The molecule has 0 aliphatic carbocycles. The molecule has 3 rings (SSSR count). The molecule has 84 valence electrons. The molecule has 1 fully saturated rings. The van der Waals surface area contributed by atoms with Crippen molar-refractivity contribution in [3.63, 3.8) is 0 Å². The van der Waals surface area contributed by atoms with Crippen molar-refractivity contribution in [3.8, 4) is 0 Å². The molecule has 0 unspecified atom stereocenters. The number of aliphatic imine (C=N–C) groups is 1. The van der Waals surface area contributed by atoms with E-state index in [0.29, 0.717) is 6.04 Å². The van der Waals surface area contributed by atoms with Crippen molar-refractivity contribution in [2.75, 3.05) is 26.3 Å². The molecule has 0 spiro atoms. The molecule has 1 saturated heterocycles. The van der Waals surface area contributed by atoms with Crippen LogP contribution in [0.5, 0.6) is 0 Å². The van der Waals surface area contributed by atoms with Gasteiger partial charge in [-0.25, -0.2) is 0 Å². The summed E-state index contributed by atoms with van der Waals surface area (Å²) in [6, 6.07) is 6.85. The van der Waals surface area contributed by atoms with Crippen molar-refractivity contribution in [1.82, 2.24) is 5.32 Å². The molecule has 2 heterocycles. The van der Waals surface area contributed by atoms with Crippen molar-refractivity contribution in [2.24, 2.45) is 4.99 Å². The Balaban J connectivity index is 1.97. The first-order valence-electron chi connectivity index (χ1n) is 5.88. The Kier molecular flexibility index (Phi) is 2.72. The molecule has 1 aromatic carbocycles. The van der Waals surface area contributed by atoms with Gasteiger partial charge in [0.2, 0.25) is 0 Å². The molecule has 3 nitrogen and oxygen atoms in total. The van der Waals surface area contributed by atoms with Crippen LogP contribution in [0, 0.1) is 0 Å². The quantitative estimate of drug-likeness (QED) is 0.768. The summed E-state index contributed by atoms with van der Waals surface area (Å²) in [5.74, 6) is 0. The third-order valence-electron chi connectivity index (χ3n) is 3.26. The van der Waals surface area contributed by atoms with Gasteiger partial charge in [0, 0.05) is 24.9 Å². The number of hydrogen-bond acceptors (Lipinski definition) is 3. The lowest BCUT2D eigenvalue weighted by Gasteiger charge is -2.27. The molecule has 0 bridgehead atoms. The molecule has 0 aromatic heterocycles. The number of rotatable bonds is 1. The van der Waals surface area contributed by atoms with Crippen LogP contribution in [0.15, 0.2) is 23.2 Å². The van der Waals surface area contributed by atoms with Gasteiger partial charge in [0.25, 0.3) is 0 Å². The van der Waals surface area contributed by atoms with Gasteiger partial charge in [-0.3, -0.25) is 4.99 Å². The summed E-state index contributed by atoms with van der Waals surface area (Å²) in [5, 5.41) is 3.50. The van der Waals surface area contributed by atoms with Crippen molar-refractivity contribution >= 4 is 6.21 Å². The Bertz CT molecular complexity index is 408. The average molecular weight is 216 g/mol. The van der Waals surface area contributed by atoms with Crippen LogP contribution < -0.4 is 5.32 Å². The van der Waals surface area contributed by atoms with Crippen LogP contribution in [0.3, 0.4) is 0 Å². The first kappa shape index (κ1) is 10.00. The number of hydrogen-bond donors (Lipinski definition) is 1. The van der Waals surface area contributed by atoms with Gasteiger partial charge in [0.15, 0.2) is 0 Å². The number of fused-ring (bicyclic) bond motifs is 1. The standard InChI is InChI=1S/C13H16N2O/c1-2-10-4-5-14-8-12(10)11(3-1)13-9-16-7-6-15-13/h1-3,8,13,15H,4-7,9H2/t13-/m0/s1. The lowest BCUT2D eigenvalue weighted by Crippen LogP contribution is -2.35. The molecule has 2 aliphatic rings. The highest BCUT2D eigenvalue weighted by molar-refractivity contribution is 5.85. The molecular weight excluding hydrogens is 200 g/mol. The smallest absolute Gasteiger partial charge is 0.0662 e. The summed E-state index contributed by atoms with van der Waals surface area (Å²) in [6.07, 6.45) is 3.08. The number of ether oxygens (including phenoxy) is 1. The van der Waals surface area contributed by atoms with Gasteiger partial charge >= 0.3 is 0 Å². The Labute approximate surface area is 95.5 Å². The predicted molar refractivity (Wildman–Crippen MR) is 64.2 cm³/mol. The van der Waals surface area contributed by atoms with E-state index in [4.69, 9.17) is 4.74 Å².